The summed E-state index contributed by atoms with van der Waals surface area (Å²) in [5, 5.41) is 0. The second-order valence-corrected chi connectivity index (χ2v) is 8.99. The van der Waals surface area contributed by atoms with Crippen LogP contribution in [0.25, 0.3) is 0 Å². The van der Waals surface area contributed by atoms with Crippen molar-refractivity contribution in [3.63, 3.8) is 0 Å². The quantitative estimate of drug-likeness (QED) is 0.759. The Kier molecular flexibility index (Phi) is 6.07. The lowest BCUT2D eigenvalue weighted by Crippen LogP contribution is -2.48. The van der Waals surface area contributed by atoms with Gasteiger partial charge >= 0.3 is 0 Å². The Hall–Kier alpha value is -2.05. The summed E-state index contributed by atoms with van der Waals surface area (Å²) in [4.78, 5) is 2.59. The molecular weight excluding hydrogens is 360 g/mol. The lowest BCUT2D eigenvalue weighted by molar-refractivity contribution is 0.242. The summed E-state index contributed by atoms with van der Waals surface area (Å²) in [6.45, 7) is 8.40. The van der Waals surface area contributed by atoms with E-state index in [0.717, 1.165) is 23.4 Å². The summed E-state index contributed by atoms with van der Waals surface area (Å²) >= 11 is 0. The lowest BCUT2D eigenvalue weighted by atomic mass is 10.2. The molecule has 0 N–H and O–H groups in total. The molecule has 0 aliphatic carbocycles. The predicted octanol–water partition coefficient (Wildman–Crippen LogP) is 3.55. The lowest BCUT2D eigenvalue weighted by Gasteiger charge is -2.35. The van der Waals surface area contributed by atoms with Gasteiger partial charge in [-0.15, -0.1) is 0 Å². The average molecular weight is 389 g/mol. The number of aryl methyl sites for hydroxylation is 1. The minimum atomic E-state index is -3.43. The molecule has 0 amide bonds. The van der Waals surface area contributed by atoms with Gasteiger partial charge in [0.2, 0.25) is 10.0 Å². The SMILES string of the molecule is CCc1ccc(S(=O)(=O)N2CCN(c3ccc(OC(C)C)cc3)CC2)cc1. The molecule has 1 saturated heterocycles. The third-order valence-corrected chi connectivity index (χ3v) is 6.69. The fourth-order valence-corrected chi connectivity index (χ4v) is 4.66. The Bertz CT molecular complexity index is 838. The maximum atomic E-state index is 12.9. The standard InChI is InChI=1S/C21H28N2O3S/c1-4-18-5-11-21(12-6-18)27(24,25)23-15-13-22(14-16-23)19-7-9-20(10-8-19)26-17(2)3/h5-12,17H,4,13-16H2,1-3H3. The number of piperazine rings is 1. The van der Waals surface area contributed by atoms with Gasteiger partial charge in [0.25, 0.3) is 0 Å². The molecule has 0 bridgehead atoms. The Balaban J connectivity index is 1.63. The van der Waals surface area contributed by atoms with Gasteiger partial charge in [0.15, 0.2) is 0 Å². The highest BCUT2D eigenvalue weighted by Crippen LogP contribution is 2.24. The van der Waals surface area contributed by atoms with E-state index in [0.29, 0.717) is 31.1 Å². The van der Waals surface area contributed by atoms with Crippen molar-refractivity contribution in [2.24, 2.45) is 0 Å². The van der Waals surface area contributed by atoms with Crippen LogP contribution in [0.3, 0.4) is 0 Å². The minimum absolute atomic E-state index is 0.149. The second-order valence-electron chi connectivity index (χ2n) is 7.05. The van der Waals surface area contributed by atoms with Crippen molar-refractivity contribution in [3.05, 3.63) is 54.1 Å². The first-order chi connectivity index (χ1) is 12.9. The van der Waals surface area contributed by atoms with Gasteiger partial charge in [0.05, 0.1) is 11.0 Å². The number of benzene rings is 2. The zero-order valence-corrected chi connectivity index (χ0v) is 17.1. The largest absolute Gasteiger partial charge is 0.491 e. The maximum absolute atomic E-state index is 12.9. The van der Waals surface area contributed by atoms with Crippen LogP contribution in [0.4, 0.5) is 5.69 Å². The van der Waals surface area contributed by atoms with Crippen molar-refractivity contribution in [2.45, 2.75) is 38.2 Å². The predicted molar refractivity (Wildman–Crippen MR) is 109 cm³/mol. The molecule has 3 rings (SSSR count). The topological polar surface area (TPSA) is 49.9 Å². The average Bonchev–Trinajstić information content (AvgIpc) is 2.68. The first-order valence-electron chi connectivity index (χ1n) is 9.51. The van der Waals surface area contributed by atoms with Crippen molar-refractivity contribution >= 4 is 15.7 Å². The molecule has 6 heteroatoms. The van der Waals surface area contributed by atoms with Crippen molar-refractivity contribution in [1.29, 1.82) is 0 Å². The van der Waals surface area contributed by atoms with Crippen molar-refractivity contribution in [3.8, 4) is 5.75 Å². The monoisotopic (exact) mass is 388 g/mol. The highest BCUT2D eigenvalue weighted by Gasteiger charge is 2.28. The summed E-state index contributed by atoms with van der Waals surface area (Å²) in [6.07, 6.45) is 1.05. The van der Waals surface area contributed by atoms with Crippen LogP contribution in [0.15, 0.2) is 53.4 Å². The molecule has 0 aromatic heterocycles. The van der Waals surface area contributed by atoms with Crippen LogP contribution in [0, 0.1) is 0 Å². The summed E-state index contributed by atoms with van der Waals surface area (Å²) in [6, 6.07) is 15.2. The molecular formula is C21H28N2O3S. The van der Waals surface area contributed by atoms with Gasteiger partial charge in [0, 0.05) is 31.9 Å². The van der Waals surface area contributed by atoms with Gasteiger partial charge < -0.3 is 9.64 Å². The fraction of sp³-hybridized carbons (Fsp3) is 0.429. The summed E-state index contributed by atoms with van der Waals surface area (Å²) in [5.74, 6) is 0.852. The van der Waals surface area contributed by atoms with Crippen LogP contribution in [0.2, 0.25) is 0 Å². The van der Waals surface area contributed by atoms with Gasteiger partial charge in [-0.05, 0) is 62.2 Å². The highest BCUT2D eigenvalue weighted by atomic mass is 32.2. The Labute approximate surface area is 162 Å². The fourth-order valence-electron chi connectivity index (χ4n) is 3.24. The molecule has 1 heterocycles. The van der Waals surface area contributed by atoms with Crippen molar-refractivity contribution in [1.82, 2.24) is 4.31 Å². The Morgan fingerprint density at radius 1 is 0.926 bits per heavy atom. The van der Waals surface area contributed by atoms with Crippen LogP contribution in [0.5, 0.6) is 5.75 Å². The van der Waals surface area contributed by atoms with Crippen LogP contribution < -0.4 is 9.64 Å². The normalized spacial score (nSPS) is 15.9. The molecule has 2 aromatic carbocycles. The molecule has 0 spiro atoms. The van der Waals surface area contributed by atoms with E-state index in [1.165, 1.54) is 0 Å². The number of hydrogen-bond acceptors (Lipinski definition) is 4. The van der Waals surface area contributed by atoms with Gasteiger partial charge in [-0.25, -0.2) is 8.42 Å². The molecule has 1 fully saturated rings. The van der Waals surface area contributed by atoms with E-state index >= 15 is 0 Å². The van der Waals surface area contributed by atoms with E-state index in [4.69, 9.17) is 4.74 Å². The first kappa shape index (κ1) is 19.7. The summed E-state index contributed by atoms with van der Waals surface area (Å²) < 4.78 is 33.0. The Morgan fingerprint density at radius 2 is 1.52 bits per heavy atom. The zero-order valence-electron chi connectivity index (χ0n) is 16.3. The molecule has 5 nitrogen and oxygen atoms in total. The maximum Gasteiger partial charge on any atom is 0.243 e. The van der Waals surface area contributed by atoms with Gasteiger partial charge in [0.1, 0.15) is 5.75 Å². The van der Waals surface area contributed by atoms with Gasteiger partial charge in [-0.3, -0.25) is 0 Å². The molecule has 0 unspecified atom stereocenters. The number of hydrogen-bond donors (Lipinski definition) is 0. The van der Waals surface area contributed by atoms with Crippen LogP contribution >= 0.6 is 0 Å². The molecule has 146 valence electrons. The molecule has 0 saturated carbocycles. The highest BCUT2D eigenvalue weighted by molar-refractivity contribution is 7.89. The van der Waals surface area contributed by atoms with Gasteiger partial charge in [-0.1, -0.05) is 19.1 Å². The minimum Gasteiger partial charge on any atom is -0.491 e. The van der Waals surface area contributed by atoms with Crippen LogP contribution in [0.1, 0.15) is 26.3 Å². The van der Waals surface area contributed by atoms with Crippen LogP contribution in [-0.2, 0) is 16.4 Å². The van der Waals surface area contributed by atoms with E-state index in [-0.39, 0.29) is 6.10 Å². The van der Waals surface area contributed by atoms with Gasteiger partial charge in [-0.2, -0.15) is 4.31 Å². The van der Waals surface area contributed by atoms with Crippen molar-refractivity contribution < 1.29 is 13.2 Å². The van der Waals surface area contributed by atoms with E-state index < -0.39 is 10.0 Å². The third-order valence-electron chi connectivity index (χ3n) is 4.78. The smallest absolute Gasteiger partial charge is 0.243 e. The molecule has 27 heavy (non-hydrogen) atoms. The first-order valence-corrected chi connectivity index (χ1v) is 10.9. The molecule has 0 atom stereocenters. The summed E-state index contributed by atoms with van der Waals surface area (Å²) in [5.41, 5.74) is 2.24. The zero-order chi connectivity index (χ0) is 19.4. The van der Waals surface area contributed by atoms with E-state index in [9.17, 15) is 8.42 Å². The third kappa shape index (κ3) is 4.62. The number of rotatable bonds is 6. The number of sulfonamides is 1. The molecule has 2 aromatic rings. The molecule has 0 radical (unpaired) electrons. The van der Waals surface area contributed by atoms with E-state index in [1.54, 1.807) is 16.4 Å². The van der Waals surface area contributed by atoms with Crippen LogP contribution in [-0.4, -0.2) is 45.0 Å². The van der Waals surface area contributed by atoms with E-state index in [2.05, 4.69) is 11.8 Å². The Morgan fingerprint density at radius 3 is 2.04 bits per heavy atom. The number of anilines is 1. The number of ether oxygens (including phenoxy) is 1. The van der Waals surface area contributed by atoms with E-state index in [1.807, 2.05) is 50.2 Å². The second kappa shape index (κ2) is 8.31. The van der Waals surface area contributed by atoms with Crippen molar-refractivity contribution in [2.75, 3.05) is 31.1 Å². The summed E-state index contributed by atoms with van der Waals surface area (Å²) in [7, 11) is -3.43. The number of nitrogens with zero attached hydrogens (tertiary/aromatic N) is 2. The molecule has 1 aliphatic rings. The molecule has 1 aliphatic heterocycles.